The molecule has 1 aromatic rings. The summed E-state index contributed by atoms with van der Waals surface area (Å²) in [5, 5.41) is 3.03. The summed E-state index contributed by atoms with van der Waals surface area (Å²) in [4.78, 5) is 14.5. The van der Waals surface area contributed by atoms with E-state index >= 15 is 0 Å². The van der Waals surface area contributed by atoms with Crippen molar-refractivity contribution in [2.75, 3.05) is 32.8 Å². The Bertz CT molecular complexity index is 537. The van der Waals surface area contributed by atoms with Crippen LogP contribution in [0.25, 0.3) is 0 Å². The molecule has 0 bridgehead atoms. The Morgan fingerprint density at radius 3 is 2.69 bits per heavy atom. The molecule has 0 aromatic heterocycles. The molecule has 0 saturated carbocycles. The molecule has 1 saturated heterocycles. The van der Waals surface area contributed by atoms with E-state index in [2.05, 4.69) is 24.1 Å². The lowest BCUT2D eigenvalue weighted by Crippen LogP contribution is -2.39. The Hall–Kier alpha value is -1.55. The molecule has 1 amide bonds. The number of amides is 1. The Kier molecular flexibility index (Phi) is 8.96. The van der Waals surface area contributed by atoms with Gasteiger partial charge in [-0.15, -0.1) is 0 Å². The number of unbranched alkanes of at least 4 members (excludes halogenated alkanes) is 1. The summed E-state index contributed by atoms with van der Waals surface area (Å²) in [5.41, 5.74) is 1.19. The predicted molar refractivity (Wildman–Crippen MR) is 108 cm³/mol. The first kappa shape index (κ1) is 20.8. The highest BCUT2D eigenvalue weighted by Gasteiger charge is 2.20. The van der Waals surface area contributed by atoms with Crippen molar-refractivity contribution in [3.63, 3.8) is 0 Å². The van der Waals surface area contributed by atoms with Gasteiger partial charge in [0.05, 0.1) is 6.61 Å². The van der Waals surface area contributed by atoms with Crippen molar-refractivity contribution in [3.05, 3.63) is 29.8 Å². The zero-order chi connectivity index (χ0) is 18.8. The van der Waals surface area contributed by atoms with Gasteiger partial charge in [0.25, 0.3) is 0 Å². The fourth-order valence-electron chi connectivity index (χ4n) is 3.88. The van der Waals surface area contributed by atoms with Crippen LogP contribution in [-0.4, -0.2) is 43.6 Å². The van der Waals surface area contributed by atoms with Gasteiger partial charge in [0.2, 0.25) is 5.91 Å². The number of nitrogens with zero attached hydrogens (tertiary/aromatic N) is 1. The van der Waals surface area contributed by atoms with Gasteiger partial charge in [-0.2, -0.15) is 0 Å². The quantitative estimate of drug-likeness (QED) is 0.641. The molecular weight excluding hydrogens is 324 g/mol. The minimum absolute atomic E-state index is 0.137. The maximum atomic E-state index is 11.9. The third kappa shape index (κ3) is 8.22. The summed E-state index contributed by atoms with van der Waals surface area (Å²) < 4.78 is 5.68. The number of nitrogens with one attached hydrogen (secondary N) is 1. The highest BCUT2D eigenvalue weighted by molar-refractivity contribution is 5.75. The van der Waals surface area contributed by atoms with Crippen molar-refractivity contribution in [3.8, 4) is 5.75 Å². The van der Waals surface area contributed by atoms with Gasteiger partial charge >= 0.3 is 0 Å². The highest BCUT2D eigenvalue weighted by Crippen LogP contribution is 2.21. The minimum atomic E-state index is 0.137. The number of carbonyl (C=O) groups excluding carboxylic acids is 1. The molecule has 2 rings (SSSR count). The molecule has 146 valence electrons. The molecule has 1 aromatic carbocycles. The van der Waals surface area contributed by atoms with Crippen LogP contribution in [0.2, 0.25) is 0 Å². The first-order valence-corrected chi connectivity index (χ1v) is 10.2. The number of benzene rings is 1. The lowest BCUT2D eigenvalue weighted by molar-refractivity contribution is -0.121. The molecule has 2 unspecified atom stereocenters. The Labute approximate surface area is 159 Å². The summed E-state index contributed by atoms with van der Waals surface area (Å²) in [5.74, 6) is 2.66. The van der Waals surface area contributed by atoms with Crippen molar-refractivity contribution in [2.24, 2.45) is 11.8 Å². The number of ether oxygens (including phenoxy) is 1. The summed E-state index contributed by atoms with van der Waals surface area (Å²) in [6, 6.07) is 8.01. The van der Waals surface area contributed by atoms with Crippen LogP contribution in [0.3, 0.4) is 0 Å². The summed E-state index contributed by atoms with van der Waals surface area (Å²) in [6.45, 7) is 11.8. The van der Waals surface area contributed by atoms with Gasteiger partial charge in [-0.25, -0.2) is 0 Å². The maximum absolute atomic E-state index is 11.9. The lowest BCUT2D eigenvalue weighted by atomic mass is 9.92. The normalized spacial score (nSPS) is 20.7. The van der Waals surface area contributed by atoms with Gasteiger partial charge in [0, 0.05) is 26.1 Å². The molecule has 2 atom stereocenters. The van der Waals surface area contributed by atoms with Gasteiger partial charge in [0.15, 0.2) is 0 Å². The Morgan fingerprint density at radius 2 is 1.96 bits per heavy atom. The van der Waals surface area contributed by atoms with Crippen molar-refractivity contribution in [2.45, 2.75) is 52.9 Å². The van der Waals surface area contributed by atoms with E-state index in [0.29, 0.717) is 13.0 Å². The average molecular weight is 361 g/mol. The van der Waals surface area contributed by atoms with Crippen LogP contribution in [0.4, 0.5) is 0 Å². The van der Waals surface area contributed by atoms with Crippen LogP contribution in [-0.2, 0) is 4.79 Å². The van der Waals surface area contributed by atoms with Gasteiger partial charge in [-0.05, 0) is 68.7 Å². The largest absolute Gasteiger partial charge is 0.494 e. The molecule has 1 aliphatic rings. The summed E-state index contributed by atoms with van der Waals surface area (Å²) >= 11 is 0. The first-order valence-electron chi connectivity index (χ1n) is 10.2. The molecule has 0 spiro atoms. The SMILES string of the molecule is Cc1cccc(OCCCC(=O)NCCCCN2CC(C)CC(C)C2)c1. The number of hydrogen-bond donors (Lipinski definition) is 1. The zero-order valence-corrected chi connectivity index (χ0v) is 16.8. The first-order chi connectivity index (χ1) is 12.5. The van der Waals surface area contributed by atoms with Crippen molar-refractivity contribution >= 4 is 5.91 Å². The Morgan fingerprint density at radius 1 is 1.19 bits per heavy atom. The van der Waals surface area contributed by atoms with Crippen LogP contribution in [0, 0.1) is 18.8 Å². The molecule has 1 aliphatic heterocycles. The predicted octanol–water partition coefficient (Wildman–Crippen LogP) is 4.03. The van der Waals surface area contributed by atoms with Crippen LogP contribution in [0.1, 0.15) is 51.5 Å². The third-order valence-electron chi connectivity index (χ3n) is 4.97. The molecule has 26 heavy (non-hydrogen) atoms. The lowest BCUT2D eigenvalue weighted by Gasteiger charge is -2.34. The number of carbonyl (C=O) groups is 1. The maximum Gasteiger partial charge on any atom is 0.220 e. The fourth-order valence-corrected chi connectivity index (χ4v) is 3.88. The standard InChI is InChI=1S/C22H36N2O2/c1-18-8-6-9-21(15-18)26-13-7-10-22(25)23-11-4-5-12-24-16-19(2)14-20(3)17-24/h6,8-9,15,19-20H,4-5,7,10-14,16-17H2,1-3H3,(H,23,25). The molecule has 1 N–H and O–H groups in total. The second-order valence-electron chi connectivity index (χ2n) is 8.03. The van der Waals surface area contributed by atoms with Gasteiger partial charge < -0.3 is 15.0 Å². The van der Waals surface area contributed by atoms with Gasteiger partial charge in [0.1, 0.15) is 5.75 Å². The number of hydrogen-bond acceptors (Lipinski definition) is 3. The minimum Gasteiger partial charge on any atom is -0.494 e. The van der Waals surface area contributed by atoms with Crippen molar-refractivity contribution in [1.82, 2.24) is 10.2 Å². The van der Waals surface area contributed by atoms with Gasteiger partial charge in [-0.3, -0.25) is 4.79 Å². The smallest absolute Gasteiger partial charge is 0.220 e. The van der Waals surface area contributed by atoms with Crippen molar-refractivity contribution in [1.29, 1.82) is 0 Å². The topological polar surface area (TPSA) is 41.6 Å². The third-order valence-corrected chi connectivity index (χ3v) is 4.97. The van der Waals surface area contributed by atoms with E-state index < -0.39 is 0 Å². The molecule has 1 fully saturated rings. The second-order valence-corrected chi connectivity index (χ2v) is 8.03. The second kappa shape index (κ2) is 11.2. The number of piperidine rings is 1. The molecular formula is C22H36N2O2. The molecule has 0 radical (unpaired) electrons. The van der Waals surface area contributed by atoms with Crippen LogP contribution in [0.15, 0.2) is 24.3 Å². The van der Waals surface area contributed by atoms with Crippen molar-refractivity contribution < 1.29 is 9.53 Å². The molecule has 1 heterocycles. The fraction of sp³-hybridized carbons (Fsp3) is 0.682. The summed E-state index contributed by atoms with van der Waals surface area (Å²) in [7, 11) is 0. The van der Waals surface area contributed by atoms with Crippen LogP contribution < -0.4 is 10.1 Å². The summed E-state index contributed by atoms with van der Waals surface area (Å²) in [6.07, 6.45) is 4.87. The Balaban J connectivity index is 1.46. The van der Waals surface area contributed by atoms with Crippen LogP contribution in [0.5, 0.6) is 5.75 Å². The number of rotatable bonds is 10. The zero-order valence-electron chi connectivity index (χ0n) is 16.8. The van der Waals surface area contributed by atoms with E-state index in [1.807, 2.05) is 31.2 Å². The van der Waals surface area contributed by atoms with E-state index in [9.17, 15) is 4.79 Å². The van der Waals surface area contributed by atoms with E-state index in [-0.39, 0.29) is 5.91 Å². The van der Waals surface area contributed by atoms with E-state index in [0.717, 1.165) is 49.9 Å². The van der Waals surface area contributed by atoms with E-state index in [4.69, 9.17) is 4.74 Å². The average Bonchev–Trinajstić information content (AvgIpc) is 2.58. The highest BCUT2D eigenvalue weighted by atomic mass is 16.5. The molecule has 4 nitrogen and oxygen atoms in total. The monoisotopic (exact) mass is 360 g/mol. The van der Waals surface area contributed by atoms with Crippen LogP contribution >= 0.6 is 0 Å². The van der Waals surface area contributed by atoms with E-state index in [1.165, 1.54) is 25.1 Å². The number of likely N-dealkylation sites (tertiary alicyclic amines) is 1. The molecule has 0 aliphatic carbocycles. The molecule has 4 heteroatoms. The van der Waals surface area contributed by atoms with Gasteiger partial charge in [-0.1, -0.05) is 26.0 Å². The van der Waals surface area contributed by atoms with E-state index in [1.54, 1.807) is 0 Å². The number of aryl methyl sites for hydroxylation is 1.